The maximum Gasteiger partial charge on any atom is 0.269 e. The first-order chi connectivity index (χ1) is 10.9. The first kappa shape index (κ1) is 17.0. The van der Waals surface area contributed by atoms with Gasteiger partial charge in [-0.05, 0) is 43.0 Å². The van der Waals surface area contributed by atoms with E-state index in [1.807, 2.05) is 25.3 Å². The van der Waals surface area contributed by atoms with Gasteiger partial charge in [-0.1, -0.05) is 12.1 Å². The average molecular weight is 330 g/mol. The molecule has 0 heterocycles. The maximum atomic E-state index is 12.6. The highest BCUT2D eigenvalue weighted by atomic mass is 32.2. The molecule has 0 unspecified atom stereocenters. The van der Waals surface area contributed by atoms with Gasteiger partial charge in [-0.2, -0.15) is 0 Å². The number of non-ortho nitro benzene ring substituents is 1. The summed E-state index contributed by atoms with van der Waals surface area (Å²) in [6.45, 7) is 1.85. The van der Waals surface area contributed by atoms with Crippen LogP contribution in [0.15, 0.2) is 53.4 Å². The van der Waals surface area contributed by atoms with Crippen LogP contribution in [0.2, 0.25) is 0 Å². The minimum Gasteiger partial charge on any atom is -0.335 e. The van der Waals surface area contributed by atoms with Crippen LogP contribution in [0, 0.1) is 10.1 Å². The molecule has 0 aliphatic rings. The third-order valence-electron chi connectivity index (χ3n) is 3.80. The summed E-state index contributed by atoms with van der Waals surface area (Å²) in [4.78, 5) is 25.7. The van der Waals surface area contributed by atoms with Crippen LogP contribution < -0.4 is 0 Å². The quantitative estimate of drug-likeness (QED) is 0.469. The number of carbonyl (C=O) groups is 1. The number of amides is 1. The van der Waals surface area contributed by atoms with Crippen LogP contribution in [0.3, 0.4) is 0 Å². The second-order valence-corrected chi connectivity index (χ2v) is 6.05. The molecule has 1 amide bonds. The third-order valence-corrected chi connectivity index (χ3v) is 4.55. The molecule has 0 saturated heterocycles. The van der Waals surface area contributed by atoms with Crippen LogP contribution in [0.25, 0.3) is 0 Å². The first-order valence-electron chi connectivity index (χ1n) is 7.09. The summed E-state index contributed by atoms with van der Waals surface area (Å²) in [7, 11) is 1.70. The molecule has 0 aromatic heterocycles. The molecule has 0 radical (unpaired) electrons. The highest BCUT2D eigenvalue weighted by Crippen LogP contribution is 2.24. The van der Waals surface area contributed by atoms with Crippen molar-refractivity contribution >= 4 is 23.4 Å². The summed E-state index contributed by atoms with van der Waals surface area (Å²) >= 11 is 1.62. The molecule has 120 valence electrons. The van der Waals surface area contributed by atoms with E-state index in [4.69, 9.17) is 0 Å². The van der Waals surface area contributed by atoms with Crippen LogP contribution in [-0.2, 0) is 0 Å². The van der Waals surface area contributed by atoms with Crippen molar-refractivity contribution in [1.82, 2.24) is 4.90 Å². The predicted octanol–water partition coefficient (Wildman–Crippen LogP) is 4.15. The molecule has 0 aliphatic heterocycles. The molecular formula is C17H18N2O3S. The number of hydrogen-bond donors (Lipinski definition) is 0. The van der Waals surface area contributed by atoms with E-state index in [1.54, 1.807) is 48.0 Å². The number of hydrogen-bond acceptors (Lipinski definition) is 4. The van der Waals surface area contributed by atoms with Gasteiger partial charge in [-0.15, -0.1) is 11.8 Å². The van der Waals surface area contributed by atoms with Gasteiger partial charge in [0.15, 0.2) is 0 Å². The molecule has 0 fully saturated rings. The van der Waals surface area contributed by atoms with Crippen molar-refractivity contribution in [3.8, 4) is 0 Å². The Morgan fingerprint density at radius 3 is 2.43 bits per heavy atom. The van der Waals surface area contributed by atoms with Crippen LogP contribution in [0.5, 0.6) is 0 Å². The number of nitro benzene ring substituents is 1. The summed E-state index contributed by atoms with van der Waals surface area (Å²) < 4.78 is 0. The van der Waals surface area contributed by atoms with Gasteiger partial charge in [-0.25, -0.2) is 0 Å². The van der Waals surface area contributed by atoms with Crippen molar-refractivity contribution in [3.05, 3.63) is 69.8 Å². The molecular weight excluding hydrogens is 312 g/mol. The molecule has 1 atom stereocenters. The highest BCUT2D eigenvalue weighted by Gasteiger charge is 2.20. The van der Waals surface area contributed by atoms with E-state index in [9.17, 15) is 14.9 Å². The minimum atomic E-state index is -0.431. The summed E-state index contributed by atoms with van der Waals surface area (Å²) in [6.07, 6.45) is 1.98. The molecule has 2 aromatic carbocycles. The molecule has 6 heteroatoms. The second-order valence-electron chi connectivity index (χ2n) is 5.17. The molecule has 0 spiro atoms. The van der Waals surface area contributed by atoms with Crippen molar-refractivity contribution in [1.29, 1.82) is 0 Å². The van der Waals surface area contributed by atoms with Crippen molar-refractivity contribution < 1.29 is 9.72 Å². The molecule has 23 heavy (non-hydrogen) atoms. The Labute approximate surface area is 139 Å². The topological polar surface area (TPSA) is 63.5 Å². The van der Waals surface area contributed by atoms with E-state index in [-0.39, 0.29) is 17.6 Å². The molecule has 2 aromatic rings. The molecule has 0 aliphatic carbocycles. The fraction of sp³-hybridized carbons (Fsp3) is 0.235. The number of nitrogens with zero attached hydrogens (tertiary/aromatic N) is 2. The first-order valence-corrected chi connectivity index (χ1v) is 8.32. The Morgan fingerprint density at radius 1 is 1.22 bits per heavy atom. The molecule has 5 nitrogen and oxygen atoms in total. The predicted molar refractivity (Wildman–Crippen MR) is 91.8 cm³/mol. The van der Waals surface area contributed by atoms with Crippen molar-refractivity contribution in [2.45, 2.75) is 17.9 Å². The molecule has 0 N–H and O–H groups in total. The van der Waals surface area contributed by atoms with Crippen LogP contribution in [0.1, 0.15) is 28.9 Å². The Morgan fingerprint density at radius 2 is 1.87 bits per heavy atom. The number of thioether (sulfide) groups is 1. The molecule has 2 rings (SSSR count). The zero-order valence-electron chi connectivity index (χ0n) is 13.2. The fourth-order valence-electron chi connectivity index (χ4n) is 2.23. The Bertz CT molecular complexity index is 716. The number of nitro groups is 1. The summed E-state index contributed by atoms with van der Waals surface area (Å²) in [5.41, 5.74) is 1.36. The van der Waals surface area contributed by atoms with Crippen LogP contribution >= 0.6 is 11.8 Å². The van der Waals surface area contributed by atoms with Crippen molar-refractivity contribution in [3.63, 3.8) is 0 Å². The zero-order chi connectivity index (χ0) is 17.0. The van der Waals surface area contributed by atoms with E-state index in [0.29, 0.717) is 5.56 Å². The van der Waals surface area contributed by atoms with E-state index in [1.165, 1.54) is 12.1 Å². The number of benzene rings is 2. The van der Waals surface area contributed by atoms with E-state index < -0.39 is 4.92 Å². The third kappa shape index (κ3) is 3.90. The lowest BCUT2D eigenvalue weighted by Crippen LogP contribution is -2.29. The monoisotopic (exact) mass is 330 g/mol. The van der Waals surface area contributed by atoms with Gasteiger partial charge in [0.2, 0.25) is 0 Å². The Hall–Kier alpha value is -2.34. The van der Waals surface area contributed by atoms with Crippen molar-refractivity contribution in [2.24, 2.45) is 0 Å². The summed E-state index contributed by atoms with van der Waals surface area (Å²) in [5, 5.41) is 10.9. The lowest BCUT2D eigenvalue weighted by atomic mass is 10.1. The molecule has 0 saturated carbocycles. The average Bonchev–Trinajstić information content (AvgIpc) is 2.60. The highest BCUT2D eigenvalue weighted by molar-refractivity contribution is 7.98. The summed E-state index contributed by atoms with van der Waals surface area (Å²) in [5.74, 6) is -0.114. The van der Waals surface area contributed by atoms with E-state index in [0.717, 1.165) is 10.5 Å². The number of rotatable bonds is 5. The van der Waals surface area contributed by atoms with Gasteiger partial charge in [0.25, 0.3) is 11.6 Å². The Balaban J connectivity index is 2.20. The normalized spacial score (nSPS) is 11.8. The minimum absolute atomic E-state index is 0.0273. The molecule has 0 bridgehead atoms. The largest absolute Gasteiger partial charge is 0.335 e. The number of carbonyl (C=O) groups excluding carboxylic acids is 1. The smallest absolute Gasteiger partial charge is 0.269 e. The van der Waals surface area contributed by atoms with Gasteiger partial charge < -0.3 is 4.90 Å². The fourth-order valence-corrected chi connectivity index (χ4v) is 2.64. The van der Waals surface area contributed by atoms with Crippen molar-refractivity contribution in [2.75, 3.05) is 13.3 Å². The van der Waals surface area contributed by atoms with Gasteiger partial charge in [0, 0.05) is 29.6 Å². The zero-order valence-corrected chi connectivity index (χ0v) is 14.0. The maximum absolute atomic E-state index is 12.6. The van der Waals surface area contributed by atoms with E-state index >= 15 is 0 Å². The standard InChI is InChI=1S/C17H18N2O3S/c1-12(14-5-4-6-15(11-14)19(21)22)18(2)17(20)13-7-9-16(23-3)10-8-13/h4-12H,1-3H3/t12-/m0/s1. The lowest BCUT2D eigenvalue weighted by Gasteiger charge is -2.25. The van der Waals surface area contributed by atoms with E-state index in [2.05, 4.69) is 0 Å². The second kappa shape index (κ2) is 7.28. The van der Waals surface area contributed by atoms with Gasteiger partial charge in [0.05, 0.1) is 11.0 Å². The van der Waals surface area contributed by atoms with Crippen LogP contribution in [0.4, 0.5) is 5.69 Å². The lowest BCUT2D eigenvalue weighted by molar-refractivity contribution is -0.384. The van der Waals surface area contributed by atoms with Crippen LogP contribution in [-0.4, -0.2) is 29.0 Å². The van der Waals surface area contributed by atoms with Gasteiger partial charge >= 0.3 is 0 Å². The van der Waals surface area contributed by atoms with Gasteiger partial charge in [0.1, 0.15) is 0 Å². The SMILES string of the molecule is CSc1ccc(C(=O)N(C)[C@@H](C)c2cccc([N+](=O)[O-])c2)cc1. The summed E-state index contributed by atoms with van der Waals surface area (Å²) in [6, 6.07) is 13.5. The van der Waals surface area contributed by atoms with Gasteiger partial charge in [-0.3, -0.25) is 14.9 Å². The Kier molecular flexibility index (Phi) is 5.39.